The second kappa shape index (κ2) is 10.9. The van der Waals surface area contributed by atoms with Crippen LogP contribution in [0.2, 0.25) is 0 Å². The van der Waals surface area contributed by atoms with Crippen molar-refractivity contribution in [1.82, 2.24) is 10.3 Å². The Balaban J connectivity index is 0.00000338. The van der Waals surface area contributed by atoms with Crippen LogP contribution in [0.5, 0.6) is 11.5 Å². The third-order valence-electron chi connectivity index (χ3n) is 3.15. The molecule has 6 nitrogen and oxygen atoms in total. The van der Waals surface area contributed by atoms with Crippen LogP contribution in [0.4, 0.5) is 8.78 Å². The fourth-order valence-electron chi connectivity index (χ4n) is 2.11. The average Bonchev–Trinajstić information content (AvgIpc) is 3.04. The van der Waals surface area contributed by atoms with Crippen molar-refractivity contribution >= 4 is 29.7 Å². The van der Waals surface area contributed by atoms with Crippen LogP contribution < -0.4 is 20.5 Å². The monoisotopic (exact) mass is 407 g/mol. The number of nitrogens with zero attached hydrogens (tertiary/aromatic N) is 1. The molecule has 0 atom stereocenters. The van der Waals surface area contributed by atoms with Gasteiger partial charge in [0.15, 0.2) is 11.5 Å². The number of amides is 1. The molecule has 0 saturated carbocycles. The molecule has 0 aliphatic rings. The molecule has 0 spiro atoms. The van der Waals surface area contributed by atoms with Gasteiger partial charge in [-0.15, -0.1) is 23.7 Å². The number of aromatic nitrogens is 1. The molecule has 0 saturated heterocycles. The van der Waals surface area contributed by atoms with Crippen molar-refractivity contribution < 1.29 is 23.0 Å². The van der Waals surface area contributed by atoms with Crippen molar-refractivity contribution in [1.29, 1.82) is 0 Å². The molecule has 2 rings (SSSR count). The van der Waals surface area contributed by atoms with Gasteiger partial charge < -0.3 is 20.5 Å². The van der Waals surface area contributed by atoms with E-state index in [1.807, 2.05) is 0 Å². The van der Waals surface area contributed by atoms with Gasteiger partial charge in [0.2, 0.25) is 0 Å². The molecular formula is C16H20ClF2N3O3S. The molecule has 2 aromatic rings. The zero-order valence-electron chi connectivity index (χ0n) is 14.0. The van der Waals surface area contributed by atoms with Crippen molar-refractivity contribution in [2.24, 2.45) is 5.73 Å². The highest BCUT2D eigenvalue weighted by molar-refractivity contribution is 7.09. The topological polar surface area (TPSA) is 86.5 Å². The molecule has 0 aliphatic heterocycles. The van der Waals surface area contributed by atoms with Crippen molar-refractivity contribution in [2.45, 2.75) is 26.5 Å². The van der Waals surface area contributed by atoms with E-state index in [2.05, 4.69) is 15.0 Å². The van der Waals surface area contributed by atoms with E-state index in [0.29, 0.717) is 25.1 Å². The lowest BCUT2D eigenvalue weighted by atomic mass is 10.2. The summed E-state index contributed by atoms with van der Waals surface area (Å²) in [5.74, 6) is -0.278. The first-order valence-corrected chi connectivity index (χ1v) is 8.55. The highest BCUT2D eigenvalue weighted by atomic mass is 35.5. The van der Waals surface area contributed by atoms with Crippen LogP contribution >= 0.6 is 23.7 Å². The Morgan fingerprint density at radius 2 is 2.19 bits per heavy atom. The van der Waals surface area contributed by atoms with E-state index < -0.39 is 12.5 Å². The molecule has 0 aliphatic carbocycles. The maximum absolute atomic E-state index is 12.7. The zero-order chi connectivity index (χ0) is 18.2. The molecule has 1 amide bonds. The second-order valence-electron chi connectivity index (χ2n) is 4.90. The molecule has 0 fully saturated rings. The molecule has 0 unspecified atom stereocenters. The molecule has 144 valence electrons. The summed E-state index contributed by atoms with van der Waals surface area (Å²) in [5, 5.41) is 5.05. The van der Waals surface area contributed by atoms with Gasteiger partial charge in [-0.1, -0.05) is 12.1 Å². The smallest absolute Gasteiger partial charge is 0.387 e. The number of hydrogen-bond acceptors (Lipinski definition) is 6. The second-order valence-corrected chi connectivity index (χ2v) is 5.85. The molecule has 1 aromatic heterocycles. The van der Waals surface area contributed by atoms with E-state index >= 15 is 0 Å². The number of halogens is 3. The number of para-hydroxylation sites is 1. The van der Waals surface area contributed by atoms with Gasteiger partial charge in [-0.25, -0.2) is 4.98 Å². The first kappa shape index (κ1) is 22.1. The molecule has 3 N–H and O–H groups in total. The molecule has 0 bridgehead atoms. The maximum atomic E-state index is 12.7. The first-order chi connectivity index (χ1) is 12.0. The third-order valence-corrected chi connectivity index (χ3v) is 4.06. The molecule has 26 heavy (non-hydrogen) atoms. The fraction of sp³-hybridized carbons (Fsp3) is 0.375. The number of thiazole rings is 1. The van der Waals surface area contributed by atoms with Crippen molar-refractivity contribution in [3.05, 3.63) is 39.8 Å². The van der Waals surface area contributed by atoms with E-state index in [9.17, 15) is 13.6 Å². The quantitative estimate of drug-likeness (QED) is 0.667. The first-order valence-electron chi connectivity index (χ1n) is 7.67. The van der Waals surface area contributed by atoms with Crippen LogP contribution in [0.1, 0.15) is 28.0 Å². The standard InChI is InChI=1S/C16H19F2N3O3S.ClH/c1-2-23-12-5-3-4-10(14(12)24-16(17)18)8-20-15(22)11-9-25-13(21-11)6-7-19;/h3-5,9,16H,2,6-8,19H2,1H3,(H,20,22);1H. The van der Waals surface area contributed by atoms with Gasteiger partial charge in [0.05, 0.1) is 11.6 Å². The SMILES string of the molecule is CCOc1cccc(CNC(=O)c2csc(CCN)n2)c1OC(F)F.Cl. The van der Waals surface area contributed by atoms with E-state index in [0.717, 1.165) is 5.01 Å². The molecular weight excluding hydrogens is 388 g/mol. The van der Waals surface area contributed by atoms with Crippen molar-refractivity contribution in [3.8, 4) is 11.5 Å². The zero-order valence-corrected chi connectivity index (χ0v) is 15.7. The highest BCUT2D eigenvalue weighted by Gasteiger charge is 2.17. The van der Waals surface area contributed by atoms with Crippen molar-refractivity contribution in [2.75, 3.05) is 13.2 Å². The number of nitrogens with two attached hydrogens (primary N) is 1. The summed E-state index contributed by atoms with van der Waals surface area (Å²) in [6.45, 7) is -0.494. The Morgan fingerprint density at radius 1 is 1.42 bits per heavy atom. The summed E-state index contributed by atoms with van der Waals surface area (Å²) in [6, 6.07) is 4.76. The summed E-state index contributed by atoms with van der Waals surface area (Å²) in [7, 11) is 0. The van der Waals surface area contributed by atoms with Crippen LogP contribution in [-0.2, 0) is 13.0 Å². The van der Waals surface area contributed by atoms with Crippen LogP contribution in [0.3, 0.4) is 0 Å². The van der Waals surface area contributed by atoms with Crippen LogP contribution in [0.25, 0.3) is 0 Å². The summed E-state index contributed by atoms with van der Waals surface area (Å²) in [6.07, 6.45) is 0.598. The summed E-state index contributed by atoms with van der Waals surface area (Å²) >= 11 is 1.35. The van der Waals surface area contributed by atoms with Gasteiger partial charge in [0.1, 0.15) is 5.69 Å². The van der Waals surface area contributed by atoms with Gasteiger partial charge in [0, 0.05) is 23.9 Å². The fourth-order valence-corrected chi connectivity index (χ4v) is 2.91. The number of nitrogens with one attached hydrogen (secondary N) is 1. The maximum Gasteiger partial charge on any atom is 0.387 e. The minimum atomic E-state index is -2.99. The Labute approximate surface area is 160 Å². The minimum Gasteiger partial charge on any atom is -0.490 e. The normalized spacial score (nSPS) is 10.3. The lowest BCUT2D eigenvalue weighted by Crippen LogP contribution is -2.24. The van der Waals surface area contributed by atoms with Crippen molar-refractivity contribution in [3.63, 3.8) is 0 Å². The number of alkyl halides is 2. The van der Waals surface area contributed by atoms with Crippen LogP contribution in [0.15, 0.2) is 23.6 Å². The number of carbonyl (C=O) groups is 1. The van der Waals surface area contributed by atoms with Crippen LogP contribution in [-0.4, -0.2) is 30.7 Å². The third kappa shape index (κ3) is 6.08. The predicted molar refractivity (Wildman–Crippen MR) is 97.5 cm³/mol. The number of carbonyl (C=O) groups excluding carboxylic acids is 1. The number of ether oxygens (including phenoxy) is 2. The summed E-state index contributed by atoms with van der Waals surface area (Å²) < 4.78 is 35.2. The Bertz CT molecular complexity index is 716. The lowest BCUT2D eigenvalue weighted by molar-refractivity contribution is -0.0520. The summed E-state index contributed by atoms with van der Waals surface area (Å²) in [4.78, 5) is 16.3. The highest BCUT2D eigenvalue weighted by Crippen LogP contribution is 2.32. The number of hydrogen-bond donors (Lipinski definition) is 2. The predicted octanol–water partition coefficient (Wildman–Crippen LogP) is 3.00. The molecule has 1 aromatic carbocycles. The average molecular weight is 408 g/mol. The van der Waals surface area contributed by atoms with Gasteiger partial charge in [0.25, 0.3) is 5.91 Å². The van der Waals surface area contributed by atoms with Gasteiger partial charge in [-0.3, -0.25) is 4.79 Å². The van der Waals surface area contributed by atoms with Gasteiger partial charge in [-0.05, 0) is 19.5 Å². The Kier molecular flexibility index (Phi) is 9.25. The van der Waals surface area contributed by atoms with E-state index in [4.69, 9.17) is 10.5 Å². The Hall–Kier alpha value is -1.97. The van der Waals surface area contributed by atoms with E-state index in [1.54, 1.807) is 24.4 Å². The van der Waals surface area contributed by atoms with E-state index in [-0.39, 0.29) is 36.1 Å². The number of benzene rings is 1. The summed E-state index contributed by atoms with van der Waals surface area (Å²) in [5.41, 5.74) is 6.11. The van der Waals surface area contributed by atoms with Gasteiger partial charge >= 0.3 is 6.61 Å². The van der Waals surface area contributed by atoms with Crippen LogP contribution in [0, 0.1) is 0 Å². The minimum absolute atomic E-state index is 0. The largest absolute Gasteiger partial charge is 0.490 e. The van der Waals surface area contributed by atoms with Gasteiger partial charge in [-0.2, -0.15) is 8.78 Å². The molecule has 10 heteroatoms. The lowest BCUT2D eigenvalue weighted by Gasteiger charge is -2.15. The molecule has 0 radical (unpaired) electrons. The van der Waals surface area contributed by atoms with E-state index in [1.165, 1.54) is 17.4 Å². The molecule has 1 heterocycles. The number of rotatable bonds is 9. The Morgan fingerprint density at radius 3 is 2.85 bits per heavy atom.